The Morgan fingerprint density at radius 3 is 2.78 bits per heavy atom. The molecule has 0 aromatic heterocycles. The number of amides is 1. The SMILES string of the molecule is Cc1cccc(C(C)C(=O)NCC2(CO)CC2)c1. The second kappa shape index (κ2) is 5.11. The van der Waals surface area contributed by atoms with Crippen molar-refractivity contribution in [1.82, 2.24) is 5.32 Å². The van der Waals surface area contributed by atoms with Gasteiger partial charge in [0.1, 0.15) is 0 Å². The van der Waals surface area contributed by atoms with Gasteiger partial charge in [0.05, 0.1) is 12.5 Å². The first-order valence-corrected chi connectivity index (χ1v) is 6.51. The highest BCUT2D eigenvalue weighted by Crippen LogP contribution is 2.44. The number of benzene rings is 1. The maximum atomic E-state index is 12.1. The van der Waals surface area contributed by atoms with E-state index in [-0.39, 0.29) is 23.8 Å². The molecule has 0 heterocycles. The summed E-state index contributed by atoms with van der Waals surface area (Å²) in [5, 5.41) is 12.2. The minimum atomic E-state index is -0.139. The fourth-order valence-electron chi connectivity index (χ4n) is 2.09. The van der Waals surface area contributed by atoms with Crippen LogP contribution in [0.5, 0.6) is 0 Å². The lowest BCUT2D eigenvalue weighted by Gasteiger charge is -2.16. The van der Waals surface area contributed by atoms with Crippen LogP contribution in [-0.4, -0.2) is 24.2 Å². The molecule has 1 unspecified atom stereocenters. The molecular weight excluding hydrogens is 226 g/mol. The summed E-state index contributed by atoms with van der Waals surface area (Å²) in [5.74, 6) is -0.0975. The van der Waals surface area contributed by atoms with Crippen LogP contribution in [0.1, 0.15) is 36.8 Å². The zero-order valence-electron chi connectivity index (χ0n) is 11.1. The van der Waals surface area contributed by atoms with Crippen LogP contribution in [0.25, 0.3) is 0 Å². The first-order chi connectivity index (χ1) is 8.56. The summed E-state index contributed by atoms with van der Waals surface area (Å²) >= 11 is 0. The zero-order valence-corrected chi connectivity index (χ0v) is 11.1. The van der Waals surface area contributed by atoms with E-state index in [4.69, 9.17) is 0 Å². The average molecular weight is 247 g/mol. The molecule has 18 heavy (non-hydrogen) atoms. The van der Waals surface area contributed by atoms with Gasteiger partial charge in [0, 0.05) is 12.0 Å². The summed E-state index contributed by atoms with van der Waals surface area (Å²) in [5.41, 5.74) is 2.18. The Kier molecular flexibility index (Phi) is 3.71. The molecule has 1 saturated carbocycles. The molecule has 3 heteroatoms. The third-order valence-electron chi connectivity index (χ3n) is 3.87. The number of hydrogen-bond acceptors (Lipinski definition) is 2. The van der Waals surface area contributed by atoms with Crippen LogP contribution in [0.3, 0.4) is 0 Å². The zero-order chi connectivity index (χ0) is 13.2. The van der Waals surface area contributed by atoms with Crippen LogP contribution in [0.2, 0.25) is 0 Å². The van der Waals surface area contributed by atoms with Crippen LogP contribution in [0.15, 0.2) is 24.3 Å². The minimum Gasteiger partial charge on any atom is -0.396 e. The molecule has 0 saturated heterocycles. The van der Waals surface area contributed by atoms with Crippen molar-refractivity contribution < 1.29 is 9.90 Å². The molecule has 1 aliphatic rings. The molecule has 1 amide bonds. The first kappa shape index (κ1) is 13.1. The van der Waals surface area contributed by atoms with E-state index in [1.807, 2.05) is 38.1 Å². The van der Waals surface area contributed by atoms with E-state index in [1.165, 1.54) is 5.56 Å². The lowest BCUT2D eigenvalue weighted by atomic mass is 9.98. The van der Waals surface area contributed by atoms with Gasteiger partial charge in [-0.15, -0.1) is 0 Å². The molecule has 1 aromatic rings. The molecule has 3 nitrogen and oxygen atoms in total. The molecular formula is C15H21NO2. The minimum absolute atomic E-state index is 0.0258. The summed E-state index contributed by atoms with van der Waals surface area (Å²) in [7, 11) is 0. The number of hydrogen-bond donors (Lipinski definition) is 2. The Bertz CT molecular complexity index is 438. The predicted octanol–water partition coefficient (Wildman–Crippen LogP) is 1.99. The Morgan fingerprint density at radius 1 is 1.50 bits per heavy atom. The molecule has 98 valence electrons. The van der Waals surface area contributed by atoms with E-state index in [0.717, 1.165) is 18.4 Å². The maximum absolute atomic E-state index is 12.1. The first-order valence-electron chi connectivity index (χ1n) is 6.51. The van der Waals surface area contributed by atoms with Crippen LogP contribution in [0, 0.1) is 12.3 Å². The van der Waals surface area contributed by atoms with Gasteiger partial charge in [0.15, 0.2) is 0 Å². The van der Waals surface area contributed by atoms with Gasteiger partial charge in [-0.25, -0.2) is 0 Å². The van der Waals surface area contributed by atoms with Gasteiger partial charge < -0.3 is 10.4 Å². The number of aryl methyl sites for hydroxylation is 1. The van der Waals surface area contributed by atoms with Gasteiger partial charge in [-0.1, -0.05) is 29.8 Å². The van der Waals surface area contributed by atoms with E-state index >= 15 is 0 Å². The van der Waals surface area contributed by atoms with Crippen molar-refractivity contribution in [3.63, 3.8) is 0 Å². The summed E-state index contributed by atoms with van der Waals surface area (Å²) in [6.45, 7) is 4.71. The summed E-state index contributed by atoms with van der Waals surface area (Å²) in [4.78, 5) is 12.1. The van der Waals surface area contributed by atoms with E-state index < -0.39 is 0 Å². The van der Waals surface area contributed by atoms with Crippen LogP contribution < -0.4 is 5.32 Å². The van der Waals surface area contributed by atoms with Gasteiger partial charge in [-0.3, -0.25) is 4.79 Å². The van der Waals surface area contributed by atoms with Gasteiger partial charge in [-0.2, -0.15) is 0 Å². The van der Waals surface area contributed by atoms with E-state index in [2.05, 4.69) is 5.32 Å². The van der Waals surface area contributed by atoms with Crippen LogP contribution in [-0.2, 0) is 4.79 Å². The summed E-state index contributed by atoms with van der Waals surface area (Å²) < 4.78 is 0. The number of nitrogens with one attached hydrogen (secondary N) is 1. The number of aliphatic hydroxyl groups is 1. The molecule has 1 aromatic carbocycles. The molecule has 1 atom stereocenters. The standard InChI is InChI=1S/C15H21NO2/c1-11-4-3-5-13(8-11)12(2)14(18)16-9-15(10-17)6-7-15/h3-5,8,12,17H,6-7,9-10H2,1-2H3,(H,16,18). The van der Waals surface area contributed by atoms with Crippen LogP contribution in [0.4, 0.5) is 0 Å². The number of aliphatic hydroxyl groups excluding tert-OH is 1. The Balaban J connectivity index is 1.92. The summed E-state index contributed by atoms with van der Waals surface area (Å²) in [6.07, 6.45) is 2.03. The average Bonchev–Trinajstić information content (AvgIpc) is 3.16. The number of carbonyl (C=O) groups excluding carboxylic acids is 1. The van der Waals surface area contributed by atoms with Crippen molar-refractivity contribution in [2.75, 3.05) is 13.2 Å². The quantitative estimate of drug-likeness (QED) is 0.836. The number of rotatable bonds is 5. The third-order valence-corrected chi connectivity index (χ3v) is 3.87. The molecule has 1 aliphatic carbocycles. The normalized spacial score (nSPS) is 18.2. The molecule has 0 radical (unpaired) electrons. The summed E-state index contributed by atoms with van der Waals surface area (Å²) in [6, 6.07) is 8.03. The van der Waals surface area contributed by atoms with Gasteiger partial charge >= 0.3 is 0 Å². The highest BCUT2D eigenvalue weighted by molar-refractivity contribution is 5.83. The highest BCUT2D eigenvalue weighted by atomic mass is 16.3. The van der Waals surface area contributed by atoms with Crippen molar-refractivity contribution >= 4 is 5.91 Å². The fourth-order valence-corrected chi connectivity index (χ4v) is 2.09. The molecule has 0 bridgehead atoms. The number of carbonyl (C=O) groups is 1. The van der Waals surface area contributed by atoms with Crippen LogP contribution >= 0.6 is 0 Å². The molecule has 2 rings (SSSR count). The molecule has 0 aliphatic heterocycles. The maximum Gasteiger partial charge on any atom is 0.227 e. The molecule has 1 fully saturated rings. The van der Waals surface area contributed by atoms with Crippen molar-refractivity contribution in [2.24, 2.45) is 5.41 Å². The van der Waals surface area contributed by atoms with Crippen molar-refractivity contribution in [3.05, 3.63) is 35.4 Å². The van der Waals surface area contributed by atoms with Crippen molar-refractivity contribution in [3.8, 4) is 0 Å². The second-order valence-corrected chi connectivity index (χ2v) is 5.51. The van der Waals surface area contributed by atoms with Gasteiger partial charge in [0.2, 0.25) is 5.91 Å². The lowest BCUT2D eigenvalue weighted by molar-refractivity contribution is -0.122. The topological polar surface area (TPSA) is 49.3 Å². The van der Waals surface area contributed by atoms with E-state index in [0.29, 0.717) is 6.54 Å². The third kappa shape index (κ3) is 2.91. The Labute approximate surface area is 108 Å². The monoisotopic (exact) mass is 247 g/mol. The van der Waals surface area contributed by atoms with E-state index in [9.17, 15) is 9.90 Å². The lowest BCUT2D eigenvalue weighted by Crippen LogP contribution is -2.34. The van der Waals surface area contributed by atoms with Gasteiger partial charge in [0.25, 0.3) is 0 Å². The predicted molar refractivity (Wildman–Crippen MR) is 71.4 cm³/mol. The molecule has 0 spiro atoms. The highest BCUT2D eigenvalue weighted by Gasteiger charge is 2.42. The smallest absolute Gasteiger partial charge is 0.227 e. The van der Waals surface area contributed by atoms with Crippen molar-refractivity contribution in [2.45, 2.75) is 32.6 Å². The van der Waals surface area contributed by atoms with Gasteiger partial charge in [-0.05, 0) is 32.3 Å². The van der Waals surface area contributed by atoms with Crippen molar-refractivity contribution in [1.29, 1.82) is 0 Å². The van der Waals surface area contributed by atoms with E-state index in [1.54, 1.807) is 0 Å². The fraction of sp³-hybridized carbons (Fsp3) is 0.533. The Hall–Kier alpha value is -1.35. The largest absolute Gasteiger partial charge is 0.396 e. The second-order valence-electron chi connectivity index (χ2n) is 5.51. The molecule has 2 N–H and O–H groups in total. The Morgan fingerprint density at radius 2 is 2.22 bits per heavy atom.